The minimum Gasteiger partial charge on any atom is -0.354 e. The van der Waals surface area contributed by atoms with Gasteiger partial charge in [0, 0.05) is 19.5 Å². The van der Waals surface area contributed by atoms with E-state index in [1.807, 2.05) is 38.1 Å². The van der Waals surface area contributed by atoms with Crippen LogP contribution in [0.3, 0.4) is 0 Å². The maximum atomic E-state index is 13.5. The molecule has 0 unspecified atom stereocenters. The Kier molecular flexibility index (Phi) is 9.16. The normalized spacial score (nSPS) is 11.9. The molecule has 1 N–H and O–H groups in total. The zero-order valence-electron chi connectivity index (χ0n) is 19.1. The Morgan fingerprint density at radius 1 is 0.970 bits per heavy atom. The molecule has 174 valence electrons. The highest BCUT2D eigenvalue weighted by Gasteiger charge is 2.28. The van der Waals surface area contributed by atoms with Crippen LogP contribution in [0.15, 0.2) is 60.7 Å². The van der Waals surface area contributed by atoms with Crippen molar-refractivity contribution in [1.82, 2.24) is 10.2 Å². The molecule has 3 rings (SSSR count). The SMILES string of the molecule is CCCNC(=O)[C@H](CC)N(Cc1ccc(Cl)c(Cl)c1)C(=O)CCc1cccc2ccccc12. The van der Waals surface area contributed by atoms with Crippen LogP contribution in [-0.2, 0) is 22.6 Å². The molecule has 0 bridgehead atoms. The average Bonchev–Trinajstić information content (AvgIpc) is 2.83. The molecule has 0 aliphatic rings. The second kappa shape index (κ2) is 12.1. The highest BCUT2D eigenvalue weighted by atomic mass is 35.5. The summed E-state index contributed by atoms with van der Waals surface area (Å²) in [6.07, 6.45) is 2.28. The van der Waals surface area contributed by atoms with Crippen LogP contribution in [-0.4, -0.2) is 29.3 Å². The van der Waals surface area contributed by atoms with Gasteiger partial charge in [0.1, 0.15) is 6.04 Å². The third-order valence-corrected chi connectivity index (χ3v) is 6.50. The summed E-state index contributed by atoms with van der Waals surface area (Å²) < 4.78 is 0. The number of halogens is 2. The highest BCUT2D eigenvalue weighted by Crippen LogP contribution is 2.25. The van der Waals surface area contributed by atoms with Crippen molar-refractivity contribution in [1.29, 1.82) is 0 Å². The fraction of sp³-hybridized carbons (Fsp3) is 0.333. The third kappa shape index (κ3) is 6.49. The molecule has 4 nitrogen and oxygen atoms in total. The first-order chi connectivity index (χ1) is 15.9. The number of hydrogen-bond donors (Lipinski definition) is 1. The molecule has 33 heavy (non-hydrogen) atoms. The molecule has 1 atom stereocenters. The molecule has 0 spiro atoms. The number of amides is 2. The Bertz CT molecular complexity index is 1110. The van der Waals surface area contributed by atoms with Crippen molar-refractivity contribution in [2.24, 2.45) is 0 Å². The van der Waals surface area contributed by atoms with Crippen molar-refractivity contribution < 1.29 is 9.59 Å². The van der Waals surface area contributed by atoms with E-state index in [0.29, 0.717) is 42.4 Å². The van der Waals surface area contributed by atoms with E-state index in [2.05, 4.69) is 29.6 Å². The summed E-state index contributed by atoms with van der Waals surface area (Å²) in [7, 11) is 0. The van der Waals surface area contributed by atoms with Gasteiger partial charge < -0.3 is 10.2 Å². The molecule has 0 aromatic heterocycles. The van der Waals surface area contributed by atoms with Gasteiger partial charge in [-0.15, -0.1) is 0 Å². The summed E-state index contributed by atoms with van der Waals surface area (Å²) >= 11 is 12.3. The minimum atomic E-state index is -0.550. The van der Waals surface area contributed by atoms with Gasteiger partial charge in [-0.1, -0.05) is 85.6 Å². The lowest BCUT2D eigenvalue weighted by molar-refractivity contribution is -0.141. The lowest BCUT2D eigenvalue weighted by atomic mass is 10.00. The molecule has 0 heterocycles. The van der Waals surface area contributed by atoms with Gasteiger partial charge in [-0.2, -0.15) is 0 Å². The summed E-state index contributed by atoms with van der Waals surface area (Å²) in [5, 5.41) is 6.14. The van der Waals surface area contributed by atoms with Crippen molar-refractivity contribution in [2.75, 3.05) is 6.54 Å². The predicted molar refractivity (Wildman–Crippen MR) is 137 cm³/mol. The van der Waals surface area contributed by atoms with Crippen LogP contribution in [0.4, 0.5) is 0 Å². The van der Waals surface area contributed by atoms with Crippen molar-refractivity contribution in [2.45, 2.75) is 52.1 Å². The van der Waals surface area contributed by atoms with Crippen LogP contribution in [0, 0.1) is 0 Å². The van der Waals surface area contributed by atoms with Crippen LogP contribution in [0.5, 0.6) is 0 Å². The van der Waals surface area contributed by atoms with E-state index in [9.17, 15) is 9.59 Å². The second-order valence-electron chi connectivity index (χ2n) is 8.12. The van der Waals surface area contributed by atoms with E-state index in [0.717, 1.165) is 28.3 Å². The molecule has 2 amide bonds. The van der Waals surface area contributed by atoms with Crippen LogP contribution in [0.2, 0.25) is 10.0 Å². The second-order valence-corrected chi connectivity index (χ2v) is 8.94. The largest absolute Gasteiger partial charge is 0.354 e. The summed E-state index contributed by atoms with van der Waals surface area (Å²) in [6, 6.07) is 19.1. The molecular weight excluding hydrogens is 455 g/mol. The fourth-order valence-corrected chi connectivity index (χ4v) is 4.34. The topological polar surface area (TPSA) is 49.4 Å². The molecule has 0 saturated carbocycles. The number of carbonyl (C=O) groups is 2. The van der Waals surface area contributed by atoms with Crippen molar-refractivity contribution in [3.05, 3.63) is 81.8 Å². The number of nitrogens with one attached hydrogen (secondary N) is 1. The van der Waals surface area contributed by atoms with Gasteiger partial charge in [0.2, 0.25) is 11.8 Å². The Labute approximate surface area is 205 Å². The van der Waals surface area contributed by atoms with Gasteiger partial charge in [0.05, 0.1) is 10.0 Å². The number of fused-ring (bicyclic) bond motifs is 1. The van der Waals surface area contributed by atoms with E-state index in [1.165, 1.54) is 0 Å². The van der Waals surface area contributed by atoms with E-state index in [4.69, 9.17) is 23.2 Å². The van der Waals surface area contributed by atoms with E-state index < -0.39 is 6.04 Å². The lowest BCUT2D eigenvalue weighted by Crippen LogP contribution is -2.49. The van der Waals surface area contributed by atoms with E-state index in [1.54, 1.807) is 17.0 Å². The van der Waals surface area contributed by atoms with Crippen LogP contribution in [0.1, 0.15) is 44.2 Å². The van der Waals surface area contributed by atoms with Crippen molar-refractivity contribution in [3.8, 4) is 0 Å². The molecule has 3 aromatic rings. The molecule has 0 aliphatic carbocycles. The quantitative estimate of drug-likeness (QED) is 0.361. The van der Waals surface area contributed by atoms with Crippen LogP contribution < -0.4 is 5.32 Å². The van der Waals surface area contributed by atoms with Gasteiger partial charge in [-0.3, -0.25) is 9.59 Å². The van der Waals surface area contributed by atoms with Gasteiger partial charge in [0.25, 0.3) is 0 Å². The third-order valence-electron chi connectivity index (χ3n) is 5.76. The number of hydrogen-bond acceptors (Lipinski definition) is 2. The van der Waals surface area contributed by atoms with Crippen LogP contribution >= 0.6 is 23.2 Å². The fourth-order valence-electron chi connectivity index (χ4n) is 4.02. The number of benzene rings is 3. The van der Waals surface area contributed by atoms with Gasteiger partial charge in [-0.05, 0) is 53.3 Å². The van der Waals surface area contributed by atoms with Crippen molar-refractivity contribution in [3.63, 3.8) is 0 Å². The summed E-state index contributed by atoms with van der Waals surface area (Å²) in [5.41, 5.74) is 1.96. The van der Waals surface area contributed by atoms with Crippen molar-refractivity contribution >= 4 is 45.8 Å². The van der Waals surface area contributed by atoms with Crippen LogP contribution in [0.25, 0.3) is 10.8 Å². The number of aryl methyl sites for hydroxylation is 1. The highest BCUT2D eigenvalue weighted by molar-refractivity contribution is 6.42. The number of rotatable bonds is 10. The monoisotopic (exact) mass is 484 g/mol. The zero-order valence-corrected chi connectivity index (χ0v) is 20.6. The molecule has 0 aliphatic heterocycles. The summed E-state index contributed by atoms with van der Waals surface area (Å²) in [5.74, 6) is -0.189. The maximum absolute atomic E-state index is 13.5. The predicted octanol–water partition coefficient (Wildman–Crippen LogP) is 6.41. The first-order valence-corrected chi connectivity index (χ1v) is 12.2. The first kappa shape index (κ1) is 25.1. The molecule has 0 fully saturated rings. The lowest BCUT2D eigenvalue weighted by Gasteiger charge is -2.31. The average molecular weight is 485 g/mol. The molecule has 6 heteroatoms. The van der Waals surface area contributed by atoms with Gasteiger partial charge in [0.15, 0.2) is 0 Å². The zero-order chi connectivity index (χ0) is 23.8. The smallest absolute Gasteiger partial charge is 0.242 e. The maximum Gasteiger partial charge on any atom is 0.242 e. The van der Waals surface area contributed by atoms with E-state index in [-0.39, 0.29) is 11.8 Å². The Balaban J connectivity index is 1.83. The summed E-state index contributed by atoms with van der Waals surface area (Å²) in [6.45, 7) is 4.81. The van der Waals surface area contributed by atoms with Gasteiger partial charge in [-0.25, -0.2) is 0 Å². The summed E-state index contributed by atoms with van der Waals surface area (Å²) in [4.78, 5) is 28.0. The molecule has 0 saturated heterocycles. The molecule has 3 aromatic carbocycles. The Morgan fingerprint density at radius 3 is 2.45 bits per heavy atom. The van der Waals surface area contributed by atoms with Gasteiger partial charge >= 0.3 is 0 Å². The molecular formula is C27H30Cl2N2O2. The first-order valence-electron chi connectivity index (χ1n) is 11.4. The van der Waals surface area contributed by atoms with E-state index >= 15 is 0 Å². The number of nitrogens with zero attached hydrogens (tertiary/aromatic N) is 1. The standard InChI is InChI=1S/C27H30Cl2N2O2/c1-3-16-30-27(33)25(4-2)31(18-19-12-14-23(28)24(29)17-19)26(32)15-13-21-10-7-9-20-8-5-6-11-22(20)21/h5-12,14,17,25H,3-4,13,15-16,18H2,1-2H3,(H,30,33)/t25-/m0/s1. The molecule has 0 radical (unpaired) electrons. The Morgan fingerprint density at radius 2 is 1.73 bits per heavy atom. The number of carbonyl (C=O) groups excluding carboxylic acids is 2. The minimum absolute atomic E-state index is 0.0625. The Hall–Kier alpha value is -2.56.